The largest absolute Gasteiger partial charge is 0.482 e. The van der Waals surface area contributed by atoms with Gasteiger partial charge in [-0.15, -0.1) is 11.3 Å². The maximum absolute atomic E-state index is 12.4. The highest BCUT2D eigenvalue weighted by molar-refractivity contribution is 7.13. The smallest absolute Gasteiger partial charge is 0.326 e. The summed E-state index contributed by atoms with van der Waals surface area (Å²) >= 11 is 7.78. The Balaban J connectivity index is 1.65. The van der Waals surface area contributed by atoms with Gasteiger partial charge in [-0.3, -0.25) is 14.5 Å². The minimum atomic E-state index is -0.466. The lowest BCUT2D eigenvalue weighted by Crippen LogP contribution is -2.42. The van der Waals surface area contributed by atoms with Crippen molar-refractivity contribution in [2.45, 2.75) is 20.0 Å². The van der Waals surface area contributed by atoms with Crippen molar-refractivity contribution in [3.8, 4) is 27.6 Å². The molecule has 0 unspecified atom stereocenters. The van der Waals surface area contributed by atoms with Gasteiger partial charge in [-0.1, -0.05) is 29.8 Å². The standard InChI is InChI=1S/C22H19ClN2O4S/c1-13(2)29-21(27)10-25-18-9-14(7-8-19(18)28-11-20(25)26)17-12-30-22(24-17)15-5-3-4-6-16(15)23/h3-9,12-13H,10-11H2,1-2H3. The average Bonchev–Trinajstić information content (AvgIpc) is 3.19. The molecule has 1 aliphatic rings. The van der Waals surface area contributed by atoms with E-state index >= 15 is 0 Å². The van der Waals surface area contributed by atoms with Crippen LogP contribution in [0.3, 0.4) is 0 Å². The molecule has 0 fully saturated rings. The molecule has 0 atom stereocenters. The molecule has 2 heterocycles. The Bertz CT molecular complexity index is 1110. The van der Waals surface area contributed by atoms with Crippen LogP contribution in [0.1, 0.15) is 13.8 Å². The molecule has 3 aromatic rings. The predicted octanol–water partition coefficient (Wildman–Crippen LogP) is 4.81. The third kappa shape index (κ3) is 4.17. The Labute approximate surface area is 183 Å². The molecule has 8 heteroatoms. The van der Waals surface area contributed by atoms with Gasteiger partial charge >= 0.3 is 5.97 Å². The zero-order valence-corrected chi connectivity index (χ0v) is 18.0. The Morgan fingerprint density at radius 2 is 2.10 bits per heavy atom. The lowest BCUT2D eigenvalue weighted by atomic mass is 10.1. The van der Waals surface area contributed by atoms with Crippen LogP contribution < -0.4 is 9.64 Å². The summed E-state index contributed by atoms with van der Waals surface area (Å²) in [5, 5.41) is 3.37. The van der Waals surface area contributed by atoms with Gasteiger partial charge in [0.15, 0.2) is 6.61 Å². The third-order valence-corrected chi connectivity index (χ3v) is 5.67. The van der Waals surface area contributed by atoms with E-state index in [9.17, 15) is 9.59 Å². The van der Waals surface area contributed by atoms with Crippen molar-refractivity contribution >= 4 is 40.5 Å². The van der Waals surface area contributed by atoms with Crippen LogP contribution >= 0.6 is 22.9 Å². The summed E-state index contributed by atoms with van der Waals surface area (Å²) in [5.41, 5.74) is 2.95. The van der Waals surface area contributed by atoms with Gasteiger partial charge in [-0.05, 0) is 38.1 Å². The Kier molecular flexibility index (Phi) is 5.74. The van der Waals surface area contributed by atoms with Crippen LogP contribution in [0.4, 0.5) is 5.69 Å². The van der Waals surface area contributed by atoms with E-state index < -0.39 is 5.97 Å². The average molecular weight is 443 g/mol. The van der Waals surface area contributed by atoms with E-state index in [1.807, 2.05) is 35.7 Å². The van der Waals surface area contributed by atoms with Crippen molar-refractivity contribution in [2.75, 3.05) is 18.1 Å². The lowest BCUT2D eigenvalue weighted by Gasteiger charge is -2.29. The first kappa shape index (κ1) is 20.4. The first-order chi connectivity index (χ1) is 14.4. The highest BCUT2D eigenvalue weighted by Gasteiger charge is 2.28. The second-order valence-electron chi connectivity index (χ2n) is 7.01. The van der Waals surface area contributed by atoms with E-state index in [1.165, 1.54) is 16.2 Å². The monoisotopic (exact) mass is 442 g/mol. The number of carbonyl (C=O) groups is 2. The minimum absolute atomic E-state index is 0.116. The van der Waals surface area contributed by atoms with Crippen molar-refractivity contribution in [2.24, 2.45) is 0 Å². The summed E-state index contributed by atoms with van der Waals surface area (Å²) in [6.07, 6.45) is -0.252. The fourth-order valence-electron chi connectivity index (χ4n) is 3.13. The maximum atomic E-state index is 12.4. The third-order valence-electron chi connectivity index (χ3n) is 4.46. The zero-order valence-electron chi connectivity index (χ0n) is 16.4. The van der Waals surface area contributed by atoms with Crippen LogP contribution in [0.5, 0.6) is 5.75 Å². The second-order valence-corrected chi connectivity index (χ2v) is 8.27. The number of esters is 1. The molecule has 154 valence electrons. The molecule has 0 bridgehead atoms. The van der Waals surface area contributed by atoms with Crippen LogP contribution in [-0.2, 0) is 14.3 Å². The molecule has 1 aromatic heterocycles. The fourth-order valence-corrected chi connectivity index (χ4v) is 4.28. The van der Waals surface area contributed by atoms with E-state index in [4.69, 9.17) is 26.1 Å². The Hall–Kier alpha value is -2.90. The second kappa shape index (κ2) is 8.45. The van der Waals surface area contributed by atoms with Crippen molar-refractivity contribution in [3.05, 3.63) is 52.9 Å². The lowest BCUT2D eigenvalue weighted by molar-refractivity contribution is -0.146. The number of hydrogen-bond donors (Lipinski definition) is 0. The van der Waals surface area contributed by atoms with Gasteiger partial charge in [-0.25, -0.2) is 4.98 Å². The summed E-state index contributed by atoms with van der Waals surface area (Å²) in [6, 6.07) is 13.0. The number of aromatic nitrogens is 1. The molecule has 2 aromatic carbocycles. The number of nitrogens with zero attached hydrogens (tertiary/aromatic N) is 2. The number of thiazole rings is 1. The first-order valence-corrected chi connectivity index (χ1v) is 10.7. The summed E-state index contributed by atoms with van der Waals surface area (Å²) in [5.74, 6) is -0.223. The summed E-state index contributed by atoms with van der Waals surface area (Å²) in [4.78, 5) is 30.7. The number of benzene rings is 2. The zero-order chi connectivity index (χ0) is 21.3. The number of halogens is 1. The molecule has 0 spiro atoms. The van der Waals surface area contributed by atoms with Gasteiger partial charge in [0.05, 0.1) is 22.5 Å². The van der Waals surface area contributed by atoms with Crippen molar-refractivity contribution in [1.29, 1.82) is 0 Å². The number of amides is 1. The van der Waals surface area contributed by atoms with Gasteiger partial charge in [0, 0.05) is 16.5 Å². The molecule has 30 heavy (non-hydrogen) atoms. The highest BCUT2D eigenvalue weighted by atomic mass is 35.5. The molecule has 0 N–H and O–H groups in total. The van der Waals surface area contributed by atoms with Gasteiger partial charge in [0.2, 0.25) is 0 Å². The molecular weight excluding hydrogens is 424 g/mol. The quantitative estimate of drug-likeness (QED) is 0.530. The first-order valence-electron chi connectivity index (χ1n) is 9.40. The normalized spacial score (nSPS) is 13.2. The van der Waals surface area contributed by atoms with Gasteiger partial charge in [0.25, 0.3) is 5.91 Å². The molecular formula is C22H19ClN2O4S. The van der Waals surface area contributed by atoms with Crippen LogP contribution in [0.2, 0.25) is 5.02 Å². The molecule has 1 amide bonds. The van der Waals surface area contributed by atoms with E-state index in [-0.39, 0.29) is 25.2 Å². The number of ether oxygens (including phenoxy) is 2. The number of hydrogen-bond acceptors (Lipinski definition) is 6. The van der Waals surface area contributed by atoms with Crippen molar-refractivity contribution in [1.82, 2.24) is 4.98 Å². The van der Waals surface area contributed by atoms with Crippen LogP contribution in [0, 0.1) is 0 Å². The Morgan fingerprint density at radius 3 is 2.87 bits per heavy atom. The Morgan fingerprint density at radius 1 is 1.30 bits per heavy atom. The molecule has 0 radical (unpaired) electrons. The van der Waals surface area contributed by atoms with Crippen LogP contribution in [0.25, 0.3) is 21.8 Å². The van der Waals surface area contributed by atoms with Gasteiger partial charge < -0.3 is 9.47 Å². The van der Waals surface area contributed by atoms with Gasteiger partial charge in [0.1, 0.15) is 17.3 Å². The number of rotatable bonds is 5. The van der Waals surface area contributed by atoms with Crippen LogP contribution in [-0.4, -0.2) is 36.1 Å². The molecule has 4 rings (SSSR count). The predicted molar refractivity (Wildman–Crippen MR) is 117 cm³/mol. The van der Waals surface area contributed by atoms with Gasteiger partial charge in [-0.2, -0.15) is 0 Å². The molecule has 0 aliphatic carbocycles. The molecule has 0 saturated carbocycles. The minimum Gasteiger partial charge on any atom is -0.482 e. The van der Waals surface area contributed by atoms with Crippen molar-refractivity contribution < 1.29 is 19.1 Å². The molecule has 0 saturated heterocycles. The number of carbonyl (C=O) groups excluding carboxylic acids is 2. The number of fused-ring (bicyclic) bond motifs is 1. The summed E-state index contributed by atoms with van der Waals surface area (Å²) in [6.45, 7) is 3.25. The molecule has 6 nitrogen and oxygen atoms in total. The summed E-state index contributed by atoms with van der Waals surface area (Å²) < 4.78 is 10.7. The SMILES string of the molecule is CC(C)OC(=O)CN1C(=O)COc2ccc(-c3csc(-c4ccccc4Cl)n3)cc21. The number of anilines is 1. The fraction of sp³-hybridized carbons (Fsp3) is 0.227. The maximum Gasteiger partial charge on any atom is 0.326 e. The highest BCUT2D eigenvalue weighted by Crippen LogP contribution is 2.38. The van der Waals surface area contributed by atoms with E-state index in [0.717, 1.165) is 21.8 Å². The molecule has 1 aliphatic heterocycles. The van der Waals surface area contributed by atoms with E-state index in [0.29, 0.717) is 16.5 Å². The van der Waals surface area contributed by atoms with Crippen LogP contribution in [0.15, 0.2) is 47.8 Å². The summed E-state index contributed by atoms with van der Waals surface area (Å²) in [7, 11) is 0. The topological polar surface area (TPSA) is 68.7 Å². The van der Waals surface area contributed by atoms with E-state index in [2.05, 4.69) is 0 Å². The van der Waals surface area contributed by atoms with Crippen molar-refractivity contribution in [3.63, 3.8) is 0 Å². The van der Waals surface area contributed by atoms with E-state index in [1.54, 1.807) is 26.0 Å².